The number of hydrogen-bond acceptors (Lipinski definition) is 3. The molecule has 0 saturated heterocycles. The van der Waals surface area contributed by atoms with Crippen LogP contribution in [-0.4, -0.2) is 17.7 Å². The van der Waals surface area contributed by atoms with Crippen molar-refractivity contribution in [2.75, 3.05) is 6.61 Å². The van der Waals surface area contributed by atoms with Gasteiger partial charge in [-0.3, -0.25) is 4.89 Å². The molecule has 61 valence electrons. The topological polar surface area (TPSA) is 55.8 Å². The molecule has 0 aromatic carbocycles. The molecule has 10 heavy (non-hydrogen) atoms. The zero-order chi connectivity index (χ0) is 8.20. The zero-order valence-electron chi connectivity index (χ0n) is 4.46. The van der Waals surface area contributed by atoms with Crippen molar-refractivity contribution in [1.82, 2.24) is 0 Å². The van der Waals surface area contributed by atoms with E-state index >= 15 is 0 Å². The molecule has 0 fully saturated rings. The van der Waals surface area contributed by atoms with Crippen molar-refractivity contribution in [1.29, 1.82) is 0 Å². The Morgan fingerprint density at radius 3 is 2.30 bits per heavy atom. The highest BCUT2D eigenvalue weighted by molar-refractivity contribution is 7.31. The second-order valence-electron chi connectivity index (χ2n) is 1.19. The molecule has 1 radical (unpaired) electrons. The van der Waals surface area contributed by atoms with Gasteiger partial charge in [0.25, 0.3) is 0 Å². The molecular formula is C2H3F3O4P. The van der Waals surface area contributed by atoms with E-state index in [1.165, 1.54) is 0 Å². The molecule has 0 aromatic rings. The van der Waals surface area contributed by atoms with Crippen molar-refractivity contribution in [2.24, 2.45) is 0 Å². The fourth-order valence-corrected chi connectivity index (χ4v) is 0.281. The minimum absolute atomic E-state index is 1.70. The van der Waals surface area contributed by atoms with Gasteiger partial charge in [-0.05, 0) is 0 Å². The normalized spacial score (nSPS) is 13.4. The Morgan fingerprint density at radius 1 is 1.50 bits per heavy atom. The van der Waals surface area contributed by atoms with Crippen molar-refractivity contribution in [3.63, 3.8) is 0 Å². The van der Waals surface area contributed by atoms with E-state index in [0.717, 1.165) is 0 Å². The first-order valence-electron chi connectivity index (χ1n) is 1.94. The van der Waals surface area contributed by atoms with Gasteiger partial charge in [-0.25, -0.2) is 9.45 Å². The summed E-state index contributed by atoms with van der Waals surface area (Å²) in [7, 11) is -3.13. The van der Waals surface area contributed by atoms with Gasteiger partial charge >= 0.3 is 14.4 Å². The van der Waals surface area contributed by atoms with Gasteiger partial charge in [0, 0.05) is 0 Å². The van der Waals surface area contributed by atoms with E-state index in [-0.39, 0.29) is 0 Å². The highest BCUT2D eigenvalue weighted by atomic mass is 31.1. The molecule has 0 bridgehead atoms. The fraction of sp³-hybridized carbons (Fsp3) is 1.00. The van der Waals surface area contributed by atoms with E-state index in [1.807, 2.05) is 0 Å². The first-order valence-corrected chi connectivity index (χ1v) is 3.07. The molecule has 0 aromatic heterocycles. The standard InChI is InChI=1S/C2H3F3O4P/c3-2(4,5)1-8-9-10(6)7/h1H2,(H,6,7). The molecule has 0 aliphatic heterocycles. The minimum atomic E-state index is -4.55. The molecule has 0 spiro atoms. The quantitative estimate of drug-likeness (QED) is 0.401. The molecule has 0 rings (SSSR count). The van der Waals surface area contributed by atoms with Gasteiger partial charge in [-0.2, -0.15) is 13.2 Å². The zero-order valence-corrected chi connectivity index (χ0v) is 5.35. The average molecular weight is 179 g/mol. The van der Waals surface area contributed by atoms with E-state index in [9.17, 15) is 17.7 Å². The summed E-state index contributed by atoms with van der Waals surface area (Å²) in [6.07, 6.45) is -4.55. The maximum Gasteiger partial charge on any atom is 0.414 e. The van der Waals surface area contributed by atoms with Crippen LogP contribution in [0.2, 0.25) is 0 Å². The summed E-state index contributed by atoms with van der Waals surface area (Å²) in [5.41, 5.74) is 0. The van der Waals surface area contributed by atoms with E-state index in [0.29, 0.717) is 0 Å². The van der Waals surface area contributed by atoms with Crippen LogP contribution >= 0.6 is 8.25 Å². The Morgan fingerprint density at radius 2 is 2.00 bits per heavy atom. The van der Waals surface area contributed by atoms with Crippen LogP contribution in [0.5, 0.6) is 0 Å². The molecule has 4 nitrogen and oxygen atoms in total. The molecule has 0 heterocycles. The predicted molar refractivity (Wildman–Crippen MR) is 22.9 cm³/mol. The van der Waals surface area contributed by atoms with Crippen molar-refractivity contribution in [3.8, 4) is 0 Å². The van der Waals surface area contributed by atoms with Crippen molar-refractivity contribution in [3.05, 3.63) is 0 Å². The number of alkyl halides is 3. The van der Waals surface area contributed by atoms with Crippen LogP contribution in [0.25, 0.3) is 0 Å². The van der Waals surface area contributed by atoms with Gasteiger partial charge in [0.15, 0.2) is 6.61 Å². The van der Waals surface area contributed by atoms with Gasteiger partial charge in [0.1, 0.15) is 0 Å². The Kier molecular flexibility index (Phi) is 3.73. The van der Waals surface area contributed by atoms with E-state index in [4.69, 9.17) is 4.89 Å². The van der Waals surface area contributed by atoms with Gasteiger partial charge in [-0.15, -0.1) is 4.67 Å². The summed E-state index contributed by atoms with van der Waals surface area (Å²) in [6.45, 7) is -1.70. The molecule has 8 heteroatoms. The van der Waals surface area contributed by atoms with E-state index in [2.05, 4.69) is 9.56 Å². The molecule has 1 unspecified atom stereocenters. The van der Waals surface area contributed by atoms with Crippen molar-refractivity contribution in [2.45, 2.75) is 6.18 Å². The van der Waals surface area contributed by atoms with Crippen LogP contribution < -0.4 is 0 Å². The van der Waals surface area contributed by atoms with Crippen LogP contribution in [0.4, 0.5) is 13.2 Å². The lowest BCUT2D eigenvalue weighted by molar-refractivity contribution is -0.283. The van der Waals surface area contributed by atoms with Crippen LogP contribution in [0.3, 0.4) is 0 Å². The van der Waals surface area contributed by atoms with Crippen molar-refractivity contribution >= 4 is 8.25 Å². The summed E-state index contributed by atoms with van der Waals surface area (Å²) in [5, 5.41) is 0. The van der Waals surface area contributed by atoms with Crippen LogP contribution in [0.15, 0.2) is 0 Å². The van der Waals surface area contributed by atoms with E-state index < -0.39 is 21.0 Å². The minimum Gasteiger partial charge on any atom is -0.297 e. The van der Waals surface area contributed by atoms with E-state index in [1.54, 1.807) is 0 Å². The summed E-state index contributed by atoms with van der Waals surface area (Å²) in [6, 6.07) is 0. The third kappa shape index (κ3) is 7.77. The monoisotopic (exact) mass is 179 g/mol. The van der Waals surface area contributed by atoms with Gasteiger partial charge in [0.05, 0.1) is 0 Å². The molecule has 0 aliphatic rings. The highest BCUT2D eigenvalue weighted by Gasteiger charge is 2.28. The maximum absolute atomic E-state index is 11.1. The fourth-order valence-electron chi connectivity index (χ4n) is 0.138. The lowest BCUT2D eigenvalue weighted by atomic mass is 10.7. The van der Waals surface area contributed by atoms with Crippen LogP contribution in [-0.2, 0) is 14.1 Å². The van der Waals surface area contributed by atoms with Gasteiger partial charge in [-0.1, -0.05) is 0 Å². The Bertz CT molecular complexity index is 122. The number of halogens is 3. The third-order valence-electron chi connectivity index (χ3n) is 0.339. The largest absolute Gasteiger partial charge is 0.414 e. The van der Waals surface area contributed by atoms with Gasteiger partial charge < -0.3 is 0 Å². The van der Waals surface area contributed by atoms with Crippen molar-refractivity contribution < 1.29 is 32.2 Å². The summed E-state index contributed by atoms with van der Waals surface area (Å²) < 4.78 is 46.2. The average Bonchev–Trinajstić information content (AvgIpc) is 1.59. The highest BCUT2D eigenvalue weighted by Crippen LogP contribution is 2.19. The Hall–Kier alpha value is -0.230. The smallest absolute Gasteiger partial charge is 0.297 e. The Labute approximate surface area is 54.4 Å². The third-order valence-corrected chi connectivity index (χ3v) is 0.572. The summed E-state index contributed by atoms with van der Waals surface area (Å²) in [5.74, 6) is 0. The lowest BCUT2D eigenvalue weighted by Gasteiger charge is -2.02. The van der Waals surface area contributed by atoms with Crippen LogP contribution in [0, 0.1) is 0 Å². The number of hydrogen-bond donors (Lipinski definition) is 1. The second kappa shape index (κ2) is 3.82. The summed E-state index contributed by atoms with van der Waals surface area (Å²) in [4.78, 5) is 11.0. The van der Waals surface area contributed by atoms with Gasteiger partial charge in [0.2, 0.25) is 0 Å². The molecule has 0 amide bonds. The maximum atomic E-state index is 11.1. The molecule has 1 N–H and O–H groups in total. The molecular weight excluding hydrogens is 176 g/mol. The molecule has 1 atom stereocenters. The first kappa shape index (κ1) is 9.77. The molecule has 0 saturated carbocycles. The Balaban J connectivity index is 3.29. The second-order valence-corrected chi connectivity index (χ2v) is 1.81. The SMILES string of the molecule is O=[P](O)OOCC(F)(F)F. The lowest BCUT2D eigenvalue weighted by Crippen LogP contribution is -2.15. The van der Waals surface area contributed by atoms with Crippen LogP contribution in [0.1, 0.15) is 0 Å². The number of rotatable bonds is 3. The molecule has 0 aliphatic carbocycles. The summed E-state index contributed by atoms with van der Waals surface area (Å²) >= 11 is 0. The first-order chi connectivity index (χ1) is 4.42. The predicted octanol–water partition coefficient (Wildman–Crippen LogP) is 1.15.